The minimum absolute atomic E-state index is 0.169. The van der Waals surface area contributed by atoms with E-state index in [9.17, 15) is 5.11 Å². The molecule has 0 amide bonds. The van der Waals surface area contributed by atoms with Crippen LogP contribution in [0.15, 0.2) is 116 Å². The molecular formula is C31H26N4O2S. The number of thiocarbonyl (C=S) groups is 1. The predicted octanol–water partition coefficient (Wildman–Crippen LogP) is 6.86. The first-order valence-corrected chi connectivity index (χ1v) is 12.8. The fraction of sp³-hybridized carbons (Fsp3) is 0.0968. The van der Waals surface area contributed by atoms with Gasteiger partial charge in [-0.25, -0.2) is 0 Å². The summed E-state index contributed by atoms with van der Waals surface area (Å²) >= 11 is 5.89. The molecule has 3 heterocycles. The summed E-state index contributed by atoms with van der Waals surface area (Å²) in [7, 11) is 0. The molecule has 2 N–H and O–H groups in total. The first-order valence-electron chi connectivity index (χ1n) is 12.4. The first kappa shape index (κ1) is 23.8. The summed E-state index contributed by atoms with van der Waals surface area (Å²) in [5.74, 6) is 1.77. The molecular weight excluding hydrogens is 492 g/mol. The topological polar surface area (TPSA) is 62.5 Å². The summed E-state index contributed by atoms with van der Waals surface area (Å²) in [4.78, 5) is 6.79. The number of aromatic nitrogens is 2. The van der Waals surface area contributed by atoms with E-state index in [1.54, 1.807) is 18.3 Å². The number of nitrogens with zero attached hydrogens (tertiary/aromatic N) is 3. The summed E-state index contributed by atoms with van der Waals surface area (Å²) in [6.07, 6.45) is 3.82. The number of ether oxygens (including phenoxy) is 1. The summed E-state index contributed by atoms with van der Waals surface area (Å²) < 4.78 is 8.17. The molecule has 0 unspecified atom stereocenters. The van der Waals surface area contributed by atoms with Gasteiger partial charge in [0.15, 0.2) is 5.11 Å². The van der Waals surface area contributed by atoms with Crippen molar-refractivity contribution in [2.24, 2.45) is 0 Å². The molecule has 188 valence electrons. The molecule has 7 heteroatoms. The van der Waals surface area contributed by atoms with Gasteiger partial charge in [0.05, 0.1) is 11.7 Å². The van der Waals surface area contributed by atoms with Crippen molar-refractivity contribution in [2.45, 2.75) is 19.0 Å². The SMILES string of the molecule is Cc1ccc(Oc2ccc(N3C(=S)N[C@@H](c4ccccn4)[C@H]3c3cccn3-c3ccc(O)cc3)cc2)cc1. The Hall–Kier alpha value is -4.62. The Labute approximate surface area is 226 Å². The quantitative estimate of drug-likeness (QED) is 0.240. The lowest BCUT2D eigenvalue weighted by Gasteiger charge is -2.29. The van der Waals surface area contributed by atoms with Crippen molar-refractivity contribution in [3.8, 4) is 22.9 Å². The molecule has 1 saturated heterocycles. The molecule has 5 aromatic rings. The number of phenolic OH excluding ortho intramolecular Hbond substituents is 1. The molecule has 6 nitrogen and oxygen atoms in total. The molecule has 0 spiro atoms. The predicted molar refractivity (Wildman–Crippen MR) is 153 cm³/mol. The Balaban J connectivity index is 1.38. The standard InChI is InChI=1S/C31H26N4O2S/c1-21-7-15-25(16-8-21)37-26-17-11-23(12-18-26)35-30(29(33-31(35)38)27-5-2-3-19-32-27)28-6-4-20-34(28)22-9-13-24(36)14-10-22/h2-20,29-30,36H,1H3,(H,33,38)/t29-,30+/m0/s1. The molecule has 0 bridgehead atoms. The average Bonchev–Trinajstić information content (AvgIpc) is 3.56. The third kappa shape index (κ3) is 4.60. The van der Waals surface area contributed by atoms with Crippen LogP contribution in [0.25, 0.3) is 5.69 Å². The van der Waals surface area contributed by atoms with Crippen molar-refractivity contribution in [3.05, 3.63) is 132 Å². The summed E-state index contributed by atoms with van der Waals surface area (Å²) in [6, 6.07) is 32.9. The number of hydrogen-bond acceptors (Lipinski definition) is 4. The van der Waals surface area contributed by atoms with Crippen LogP contribution in [0, 0.1) is 6.92 Å². The molecule has 6 rings (SSSR count). The fourth-order valence-electron chi connectivity index (χ4n) is 4.83. The highest BCUT2D eigenvalue weighted by atomic mass is 32.1. The number of nitrogens with one attached hydrogen (secondary N) is 1. The van der Waals surface area contributed by atoms with Gasteiger partial charge in [-0.1, -0.05) is 23.8 Å². The van der Waals surface area contributed by atoms with E-state index in [4.69, 9.17) is 17.0 Å². The number of rotatable bonds is 6. The monoisotopic (exact) mass is 518 g/mol. The lowest BCUT2D eigenvalue weighted by molar-refractivity contribution is 0.475. The lowest BCUT2D eigenvalue weighted by Crippen LogP contribution is -2.30. The smallest absolute Gasteiger partial charge is 0.174 e. The molecule has 1 fully saturated rings. The number of anilines is 1. The van der Waals surface area contributed by atoms with Crippen LogP contribution in [0.2, 0.25) is 0 Å². The minimum Gasteiger partial charge on any atom is -0.508 e. The molecule has 0 aliphatic carbocycles. The third-order valence-corrected chi connectivity index (χ3v) is 7.00. The van der Waals surface area contributed by atoms with Gasteiger partial charge in [-0.15, -0.1) is 0 Å². The van der Waals surface area contributed by atoms with Crippen molar-refractivity contribution >= 4 is 23.0 Å². The average molecular weight is 519 g/mol. The van der Waals surface area contributed by atoms with Gasteiger partial charge < -0.3 is 24.6 Å². The number of benzene rings is 3. The summed E-state index contributed by atoms with van der Waals surface area (Å²) in [5.41, 5.74) is 5.02. The van der Waals surface area contributed by atoms with Crippen LogP contribution in [-0.2, 0) is 0 Å². The number of aryl methyl sites for hydroxylation is 1. The molecule has 1 aliphatic heterocycles. The molecule has 2 aromatic heterocycles. The Morgan fingerprint density at radius 2 is 1.50 bits per heavy atom. The molecule has 2 atom stereocenters. The van der Waals surface area contributed by atoms with Crippen molar-refractivity contribution in [1.29, 1.82) is 0 Å². The van der Waals surface area contributed by atoms with Crippen LogP contribution >= 0.6 is 12.2 Å². The fourth-order valence-corrected chi connectivity index (χ4v) is 5.18. The second-order valence-electron chi connectivity index (χ2n) is 9.23. The molecule has 0 saturated carbocycles. The minimum atomic E-state index is -0.176. The zero-order chi connectivity index (χ0) is 26.1. The van der Waals surface area contributed by atoms with E-state index in [0.29, 0.717) is 5.11 Å². The Morgan fingerprint density at radius 3 is 2.18 bits per heavy atom. The van der Waals surface area contributed by atoms with Gasteiger partial charge in [0, 0.05) is 29.5 Å². The van der Waals surface area contributed by atoms with Crippen LogP contribution in [0.4, 0.5) is 5.69 Å². The number of phenols is 1. The van der Waals surface area contributed by atoms with E-state index < -0.39 is 0 Å². The Bertz CT molecular complexity index is 1550. The van der Waals surface area contributed by atoms with Gasteiger partial charge in [-0.2, -0.15) is 0 Å². The van der Waals surface area contributed by atoms with E-state index in [0.717, 1.165) is 34.3 Å². The normalized spacial score (nSPS) is 16.9. The number of pyridine rings is 1. The maximum atomic E-state index is 9.82. The van der Waals surface area contributed by atoms with Crippen molar-refractivity contribution in [2.75, 3.05) is 4.90 Å². The van der Waals surface area contributed by atoms with Crippen molar-refractivity contribution in [1.82, 2.24) is 14.9 Å². The van der Waals surface area contributed by atoms with E-state index in [2.05, 4.69) is 32.8 Å². The van der Waals surface area contributed by atoms with Gasteiger partial charge in [0.1, 0.15) is 23.3 Å². The highest BCUT2D eigenvalue weighted by Gasteiger charge is 2.42. The van der Waals surface area contributed by atoms with Crippen LogP contribution in [-0.4, -0.2) is 19.8 Å². The second kappa shape index (κ2) is 10.0. The molecule has 0 radical (unpaired) electrons. The zero-order valence-corrected chi connectivity index (χ0v) is 21.5. The van der Waals surface area contributed by atoms with Gasteiger partial charge in [0.25, 0.3) is 0 Å². The highest BCUT2D eigenvalue weighted by Crippen LogP contribution is 2.42. The van der Waals surface area contributed by atoms with E-state index >= 15 is 0 Å². The van der Waals surface area contributed by atoms with Crippen LogP contribution in [0.3, 0.4) is 0 Å². The zero-order valence-electron chi connectivity index (χ0n) is 20.7. The number of aromatic hydroxyl groups is 1. The molecule has 1 aliphatic rings. The molecule has 3 aromatic carbocycles. The van der Waals surface area contributed by atoms with E-state index in [1.165, 1.54) is 5.56 Å². The largest absolute Gasteiger partial charge is 0.508 e. The number of hydrogen-bond donors (Lipinski definition) is 2. The summed E-state index contributed by atoms with van der Waals surface area (Å²) in [6.45, 7) is 2.05. The highest BCUT2D eigenvalue weighted by molar-refractivity contribution is 7.80. The third-order valence-electron chi connectivity index (χ3n) is 6.68. The second-order valence-corrected chi connectivity index (χ2v) is 9.61. The Morgan fingerprint density at radius 1 is 0.816 bits per heavy atom. The van der Waals surface area contributed by atoms with Crippen molar-refractivity contribution < 1.29 is 9.84 Å². The van der Waals surface area contributed by atoms with Gasteiger partial charge in [-0.05, 0) is 104 Å². The van der Waals surface area contributed by atoms with Crippen LogP contribution in [0.5, 0.6) is 17.2 Å². The van der Waals surface area contributed by atoms with Gasteiger partial charge in [-0.3, -0.25) is 4.98 Å². The van der Waals surface area contributed by atoms with Crippen molar-refractivity contribution in [3.63, 3.8) is 0 Å². The van der Waals surface area contributed by atoms with E-state index in [1.807, 2.05) is 91.1 Å². The Kier molecular flexibility index (Phi) is 6.27. The summed E-state index contributed by atoms with van der Waals surface area (Å²) in [5, 5.41) is 14.0. The van der Waals surface area contributed by atoms with Gasteiger partial charge in [0.2, 0.25) is 0 Å². The van der Waals surface area contributed by atoms with E-state index in [-0.39, 0.29) is 17.8 Å². The maximum absolute atomic E-state index is 9.82. The lowest BCUT2D eigenvalue weighted by atomic mass is 10.0. The van der Waals surface area contributed by atoms with Crippen LogP contribution in [0.1, 0.15) is 29.0 Å². The maximum Gasteiger partial charge on any atom is 0.174 e. The first-order chi connectivity index (χ1) is 18.6. The molecule has 38 heavy (non-hydrogen) atoms. The van der Waals surface area contributed by atoms with Crippen LogP contribution < -0.4 is 15.0 Å². The van der Waals surface area contributed by atoms with Gasteiger partial charge >= 0.3 is 0 Å².